The van der Waals surface area contributed by atoms with Gasteiger partial charge in [-0.1, -0.05) is 123 Å². The van der Waals surface area contributed by atoms with Crippen molar-refractivity contribution in [3.05, 3.63) is 34.3 Å². The van der Waals surface area contributed by atoms with Crippen LogP contribution in [0.25, 0.3) is 0 Å². The van der Waals surface area contributed by atoms with Gasteiger partial charge in [0.15, 0.2) is 5.06 Å². The first-order valence-corrected chi connectivity index (χ1v) is 16.5. The third-order valence-electron chi connectivity index (χ3n) is 6.25. The minimum absolute atomic E-state index is 0.882. The molecule has 0 amide bonds. The SMILES string of the molecule is CCCCCCCCCCCCOc1cccs1.CCCCCCCCCCCOc1ccsc1. The van der Waals surface area contributed by atoms with Crippen LogP contribution in [0.4, 0.5) is 0 Å². The van der Waals surface area contributed by atoms with Gasteiger partial charge in [0.05, 0.1) is 13.2 Å². The lowest BCUT2D eigenvalue weighted by Crippen LogP contribution is -1.95. The van der Waals surface area contributed by atoms with Crippen molar-refractivity contribution in [2.24, 2.45) is 0 Å². The van der Waals surface area contributed by atoms with Gasteiger partial charge in [0, 0.05) is 5.38 Å². The molecule has 2 heterocycles. The number of thiophene rings is 2. The van der Waals surface area contributed by atoms with Crippen LogP contribution in [0.3, 0.4) is 0 Å². The lowest BCUT2D eigenvalue weighted by atomic mass is 10.1. The summed E-state index contributed by atoms with van der Waals surface area (Å²) in [6.07, 6.45) is 26.1. The Kier molecular flexibility index (Phi) is 23.9. The first-order chi connectivity index (χ1) is 17.4. The fourth-order valence-corrected chi connectivity index (χ4v) is 5.22. The third kappa shape index (κ3) is 22.0. The molecule has 0 unspecified atom stereocenters. The molecule has 0 bridgehead atoms. The predicted molar refractivity (Wildman–Crippen MR) is 159 cm³/mol. The molecule has 0 aliphatic rings. The standard InChI is InChI=1S/C16H28OS.C15H26OS/c1-2-3-4-5-6-7-8-9-10-11-14-17-16-13-12-15-18-16;1-2-3-4-5-6-7-8-9-10-12-16-15-11-13-17-14-15/h12-13,15H,2-11,14H2,1H3;11,13-14H,2-10,12H2,1H3. The Bertz CT molecular complexity index is 610. The molecule has 0 N–H and O–H groups in total. The fraction of sp³-hybridized carbons (Fsp3) is 0.742. The van der Waals surface area contributed by atoms with Gasteiger partial charge in [0.25, 0.3) is 0 Å². The molecule has 0 saturated carbocycles. The molecular formula is C31H54O2S2. The van der Waals surface area contributed by atoms with Gasteiger partial charge < -0.3 is 9.47 Å². The Morgan fingerprint density at radius 2 is 1.03 bits per heavy atom. The Hall–Kier alpha value is -1.00. The summed E-state index contributed by atoms with van der Waals surface area (Å²) in [5.74, 6) is 1.04. The summed E-state index contributed by atoms with van der Waals surface area (Å²) in [5, 5.41) is 7.25. The van der Waals surface area contributed by atoms with Gasteiger partial charge in [-0.05, 0) is 41.8 Å². The summed E-state index contributed by atoms with van der Waals surface area (Å²) in [5.41, 5.74) is 0. The van der Waals surface area contributed by atoms with E-state index < -0.39 is 0 Å². The molecule has 4 heteroatoms. The quantitative estimate of drug-likeness (QED) is 0.135. The minimum atomic E-state index is 0.882. The topological polar surface area (TPSA) is 18.5 Å². The number of ether oxygens (including phenoxy) is 2. The van der Waals surface area contributed by atoms with Gasteiger partial charge in [-0.3, -0.25) is 0 Å². The maximum Gasteiger partial charge on any atom is 0.173 e. The van der Waals surface area contributed by atoms with E-state index in [9.17, 15) is 0 Å². The van der Waals surface area contributed by atoms with Crippen LogP contribution in [0.2, 0.25) is 0 Å². The average Bonchev–Trinajstić information content (AvgIpc) is 3.59. The van der Waals surface area contributed by atoms with Crippen LogP contribution >= 0.6 is 22.7 Å². The van der Waals surface area contributed by atoms with E-state index in [4.69, 9.17) is 9.47 Å². The van der Waals surface area contributed by atoms with Gasteiger partial charge in [-0.2, -0.15) is 0 Å². The van der Waals surface area contributed by atoms with Crippen LogP contribution in [-0.2, 0) is 0 Å². The van der Waals surface area contributed by atoms with E-state index in [0.717, 1.165) is 24.0 Å². The monoisotopic (exact) mass is 522 g/mol. The van der Waals surface area contributed by atoms with E-state index in [1.165, 1.54) is 122 Å². The van der Waals surface area contributed by atoms with E-state index in [1.54, 1.807) is 22.7 Å². The molecule has 0 spiro atoms. The van der Waals surface area contributed by atoms with Crippen LogP contribution in [0.5, 0.6) is 10.8 Å². The van der Waals surface area contributed by atoms with Crippen LogP contribution in [0, 0.1) is 0 Å². The summed E-state index contributed by atoms with van der Waals surface area (Å²) in [6, 6.07) is 6.12. The molecule has 202 valence electrons. The van der Waals surface area contributed by atoms with E-state index in [2.05, 4.69) is 30.0 Å². The van der Waals surface area contributed by atoms with Gasteiger partial charge >= 0.3 is 0 Å². The molecule has 2 rings (SSSR count). The lowest BCUT2D eigenvalue weighted by Gasteiger charge is -2.04. The molecule has 0 saturated heterocycles. The number of unbranched alkanes of at least 4 members (excludes halogenated alkanes) is 17. The molecule has 0 aliphatic carbocycles. The molecule has 0 fully saturated rings. The van der Waals surface area contributed by atoms with Crippen LogP contribution in [-0.4, -0.2) is 13.2 Å². The second-order valence-corrected chi connectivity index (χ2v) is 11.3. The second kappa shape index (κ2) is 26.1. The first-order valence-electron chi connectivity index (χ1n) is 14.7. The van der Waals surface area contributed by atoms with Crippen molar-refractivity contribution in [1.29, 1.82) is 0 Å². The minimum Gasteiger partial charge on any atom is -0.493 e. The zero-order valence-corrected chi connectivity index (χ0v) is 24.6. The number of hydrogen-bond acceptors (Lipinski definition) is 4. The van der Waals surface area contributed by atoms with Crippen LogP contribution in [0.15, 0.2) is 34.3 Å². The molecule has 0 radical (unpaired) electrons. The highest BCUT2D eigenvalue weighted by Gasteiger charge is 1.96. The maximum atomic E-state index is 5.64. The predicted octanol–water partition coefficient (Wildman–Crippen LogP) is 11.7. The summed E-state index contributed by atoms with van der Waals surface area (Å²) >= 11 is 3.38. The summed E-state index contributed by atoms with van der Waals surface area (Å²) in [6.45, 7) is 6.31. The molecule has 2 nitrogen and oxygen atoms in total. The molecule has 35 heavy (non-hydrogen) atoms. The first kappa shape index (κ1) is 32.0. The highest BCUT2D eigenvalue weighted by atomic mass is 32.1. The van der Waals surface area contributed by atoms with Gasteiger partial charge in [-0.15, -0.1) is 22.7 Å². The smallest absolute Gasteiger partial charge is 0.173 e. The van der Waals surface area contributed by atoms with Crippen molar-refractivity contribution in [2.75, 3.05) is 13.2 Å². The van der Waals surface area contributed by atoms with E-state index in [-0.39, 0.29) is 0 Å². The van der Waals surface area contributed by atoms with E-state index >= 15 is 0 Å². The molecular weight excluding hydrogens is 468 g/mol. The van der Waals surface area contributed by atoms with Crippen molar-refractivity contribution < 1.29 is 9.47 Å². The van der Waals surface area contributed by atoms with Crippen molar-refractivity contribution in [1.82, 2.24) is 0 Å². The highest BCUT2D eigenvalue weighted by Crippen LogP contribution is 2.19. The largest absolute Gasteiger partial charge is 0.493 e. The maximum absolute atomic E-state index is 5.64. The summed E-state index contributed by atoms with van der Waals surface area (Å²) < 4.78 is 11.3. The fourth-order valence-electron chi connectivity index (χ4n) is 4.04. The molecule has 0 aromatic carbocycles. The average molecular weight is 523 g/mol. The summed E-state index contributed by atoms with van der Waals surface area (Å²) in [4.78, 5) is 0. The summed E-state index contributed by atoms with van der Waals surface area (Å²) in [7, 11) is 0. The lowest BCUT2D eigenvalue weighted by molar-refractivity contribution is 0.305. The van der Waals surface area contributed by atoms with Gasteiger partial charge in [-0.25, -0.2) is 0 Å². The van der Waals surface area contributed by atoms with Crippen molar-refractivity contribution >= 4 is 22.7 Å². The number of rotatable bonds is 23. The van der Waals surface area contributed by atoms with Crippen molar-refractivity contribution in [3.63, 3.8) is 0 Å². The normalized spacial score (nSPS) is 10.7. The molecule has 0 aliphatic heterocycles. The van der Waals surface area contributed by atoms with Crippen molar-refractivity contribution in [2.45, 2.75) is 136 Å². The van der Waals surface area contributed by atoms with Gasteiger partial charge in [0.2, 0.25) is 0 Å². The Balaban J connectivity index is 0.000000351. The second-order valence-electron chi connectivity index (χ2n) is 9.60. The van der Waals surface area contributed by atoms with Crippen LogP contribution in [0.1, 0.15) is 136 Å². The zero-order valence-electron chi connectivity index (χ0n) is 22.9. The zero-order chi connectivity index (χ0) is 25.1. The van der Waals surface area contributed by atoms with Gasteiger partial charge in [0.1, 0.15) is 5.75 Å². The van der Waals surface area contributed by atoms with Crippen molar-refractivity contribution in [3.8, 4) is 10.8 Å². The third-order valence-corrected chi connectivity index (χ3v) is 7.69. The van der Waals surface area contributed by atoms with E-state index in [1.807, 2.05) is 18.2 Å². The van der Waals surface area contributed by atoms with E-state index in [0.29, 0.717) is 0 Å². The molecule has 0 atom stereocenters. The Morgan fingerprint density at radius 3 is 1.46 bits per heavy atom. The van der Waals surface area contributed by atoms with Crippen LogP contribution < -0.4 is 9.47 Å². The molecule has 2 aromatic heterocycles. The molecule has 2 aromatic rings. The highest BCUT2D eigenvalue weighted by molar-refractivity contribution is 7.11. The Morgan fingerprint density at radius 1 is 0.543 bits per heavy atom. The number of hydrogen-bond donors (Lipinski definition) is 0. The Labute approximate surface area is 225 Å².